The van der Waals surface area contributed by atoms with Gasteiger partial charge in [-0.1, -0.05) is 6.07 Å². The van der Waals surface area contributed by atoms with Crippen molar-refractivity contribution in [3.8, 4) is 0 Å². The lowest BCUT2D eigenvalue weighted by molar-refractivity contribution is -0.165. The first kappa shape index (κ1) is 22.5. The van der Waals surface area contributed by atoms with Crippen LogP contribution >= 0.6 is 11.3 Å². The normalized spacial score (nSPS) is 18.1. The number of aromatic nitrogens is 2. The molecule has 4 heterocycles. The van der Waals surface area contributed by atoms with Gasteiger partial charge in [-0.3, -0.25) is 14.2 Å². The third-order valence-electron chi connectivity index (χ3n) is 5.97. The molecule has 2 aliphatic rings. The molecule has 1 saturated heterocycles. The highest BCUT2D eigenvalue weighted by Gasteiger charge is 2.39. The van der Waals surface area contributed by atoms with Gasteiger partial charge in [0.1, 0.15) is 17.3 Å². The average Bonchev–Trinajstić information content (AvgIpc) is 3.44. The molecule has 0 radical (unpaired) electrons. The Morgan fingerprint density at radius 1 is 1.28 bits per heavy atom. The maximum Gasteiger partial charge on any atom is 0.330 e. The Morgan fingerprint density at radius 2 is 2.00 bits per heavy atom. The molecule has 2 amide bonds. The standard InChI is InChI=1S/C23H30N4O4S/c1-15-24-13-17-14-26(22(30)27(15)17)16-7-9-25(10-8-16)20(28)19(12-18-6-5-11-32-18)21(29)31-23(2,3)4/h5-6,11,13,16,19H,7-10,12,14H2,1-4H3/t19-/m1/s1. The van der Waals surface area contributed by atoms with E-state index in [1.165, 1.54) is 11.3 Å². The summed E-state index contributed by atoms with van der Waals surface area (Å²) in [6, 6.07) is 3.89. The fourth-order valence-electron chi connectivity index (χ4n) is 4.41. The van der Waals surface area contributed by atoms with Gasteiger partial charge in [0.15, 0.2) is 0 Å². The molecule has 0 saturated carbocycles. The zero-order valence-corrected chi connectivity index (χ0v) is 19.9. The number of piperidine rings is 1. The number of likely N-dealkylation sites (tertiary alicyclic amines) is 1. The smallest absolute Gasteiger partial charge is 0.330 e. The molecule has 0 spiro atoms. The number of hydrogen-bond acceptors (Lipinski definition) is 6. The van der Waals surface area contributed by atoms with Crippen LogP contribution in [0.25, 0.3) is 0 Å². The van der Waals surface area contributed by atoms with Gasteiger partial charge < -0.3 is 14.5 Å². The van der Waals surface area contributed by atoms with Gasteiger partial charge in [-0.25, -0.2) is 9.78 Å². The lowest BCUT2D eigenvalue weighted by Crippen LogP contribution is -2.50. The van der Waals surface area contributed by atoms with Gasteiger partial charge in [0, 0.05) is 30.4 Å². The predicted octanol–water partition coefficient (Wildman–Crippen LogP) is 3.23. The summed E-state index contributed by atoms with van der Waals surface area (Å²) in [4.78, 5) is 47.9. The first-order valence-electron chi connectivity index (χ1n) is 11.0. The molecular formula is C23H30N4O4S. The van der Waals surface area contributed by atoms with E-state index in [-0.39, 0.29) is 18.0 Å². The fourth-order valence-corrected chi connectivity index (χ4v) is 5.16. The van der Waals surface area contributed by atoms with Crippen LogP contribution in [0.5, 0.6) is 0 Å². The number of carbonyl (C=O) groups is 3. The lowest BCUT2D eigenvalue weighted by Gasteiger charge is -2.37. The Morgan fingerprint density at radius 3 is 2.59 bits per heavy atom. The Balaban J connectivity index is 1.41. The first-order valence-corrected chi connectivity index (χ1v) is 11.9. The number of amides is 2. The van der Waals surface area contributed by atoms with E-state index in [0.29, 0.717) is 44.7 Å². The number of fused-ring (bicyclic) bond motifs is 1. The minimum Gasteiger partial charge on any atom is -0.459 e. The van der Waals surface area contributed by atoms with Crippen molar-refractivity contribution < 1.29 is 19.1 Å². The summed E-state index contributed by atoms with van der Waals surface area (Å²) in [6.07, 6.45) is 3.48. The molecule has 9 heteroatoms. The number of hydrogen-bond donors (Lipinski definition) is 0. The molecule has 4 rings (SSSR count). The summed E-state index contributed by atoms with van der Waals surface area (Å²) in [6.45, 7) is 8.84. The average molecular weight is 459 g/mol. The third kappa shape index (κ3) is 4.57. The van der Waals surface area contributed by atoms with Gasteiger partial charge in [0.25, 0.3) is 0 Å². The minimum atomic E-state index is -0.854. The number of aryl methyl sites for hydroxylation is 1. The minimum absolute atomic E-state index is 0.0379. The van der Waals surface area contributed by atoms with Crippen molar-refractivity contribution >= 4 is 29.2 Å². The van der Waals surface area contributed by atoms with E-state index in [1.807, 2.05) is 50.1 Å². The van der Waals surface area contributed by atoms with E-state index < -0.39 is 17.5 Å². The summed E-state index contributed by atoms with van der Waals surface area (Å²) in [7, 11) is 0. The fraction of sp³-hybridized carbons (Fsp3) is 0.565. The van der Waals surface area contributed by atoms with Crippen LogP contribution in [-0.2, 0) is 27.3 Å². The molecule has 8 nitrogen and oxygen atoms in total. The van der Waals surface area contributed by atoms with Gasteiger partial charge in [0.05, 0.1) is 18.4 Å². The molecular weight excluding hydrogens is 428 g/mol. The highest BCUT2D eigenvalue weighted by Crippen LogP contribution is 2.27. The number of thiophene rings is 1. The lowest BCUT2D eigenvalue weighted by atomic mass is 9.98. The van der Waals surface area contributed by atoms with Gasteiger partial charge in [-0.15, -0.1) is 11.3 Å². The van der Waals surface area contributed by atoms with Crippen molar-refractivity contribution in [2.45, 2.75) is 65.1 Å². The van der Waals surface area contributed by atoms with Crippen molar-refractivity contribution in [3.63, 3.8) is 0 Å². The second kappa shape index (κ2) is 8.69. The van der Waals surface area contributed by atoms with E-state index in [2.05, 4.69) is 4.98 Å². The number of ether oxygens (including phenoxy) is 1. The van der Waals surface area contributed by atoms with E-state index in [1.54, 1.807) is 15.7 Å². The Kier molecular flexibility index (Phi) is 6.11. The van der Waals surface area contributed by atoms with Crippen LogP contribution in [0.3, 0.4) is 0 Å². The van der Waals surface area contributed by atoms with Crippen molar-refractivity contribution in [1.29, 1.82) is 0 Å². The Bertz CT molecular complexity index is 1000. The number of esters is 1. The SMILES string of the molecule is Cc1ncc2n1C(=O)N(C1CCN(C(=O)[C@@H](Cc3cccs3)C(=O)OC(C)(C)C)CC1)C2. The zero-order valence-electron chi connectivity index (χ0n) is 19.0. The van der Waals surface area contributed by atoms with Gasteiger partial charge in [0.2, 0.25) is 5.91 Å². The summed E-state index contributed by atoms with van der Waals surface area (Å²) < 4.78 is 7.24. The summed E-state index contributed by atoms with van der Waals surface area (Å²) in [5.41, 5.74) is 0.254. The summed E-state index contributed by atoms with van der Waals surface area (Å²) in [5, 5.41) is 1.94. The topological polar surface area (TPSA) is 84.7 Å². The number of nitrogens with zero attached hydrogens (tertiary/aromatic N) is 4. The molecule has 2 aromatic rings. The van der Waals surface area contributed by atoms with Crippen LogP contribution in [0.1, 0.15) is 50.0 Å². The van der Waals surface area contributed by atoms with Crippen molar-refractivity contribution in [2.24, 2.45) is 5.92 Å². The second-order valence-electron chi connectivity index (χ2n) is 9.47. The molecule has 0 aliphatic carbocycles. The maximum absolute atomic E-state index is 13.4. The Hall–Kier alpha value is -2.68. The maximum atomic E-state index is 13.4. The highest BCUT2D eigenvalue weighted by molar-refractivity contribution is 7.09. The second-order valence-corrected chi connectivity index (χ2v) is 10.5. The van der Waals surface area contributed by atoms with Crippen LogP contribution in [0.15, 0.2) is 23.7 Å². The first-order chi connectivity index (χ1) is 15.1. The molecule has 0 unspecified atom stereocenters. The molecule has 0 bridgehead atoms. The third-order valence-corrected chi connectivity index (χ3v) is 6.87. The number of imidazole rings is 1. The summed E-state index contributed by atoms with van der Waals surface area (Å²) in [5.74, 6) is -0.818. The van der Waals surface area contributed by atoms with Crippen molar-refractivity contribution in [1.82, 2.24) is 19.4 Å². The molecule has 32 heavy (non-hydrogen) atoms. The van der Waals surface area contributed by atoms with Crippen molar-refractivity contribution in [3.05, 3.63) is 40.1 Å². The van der Waals surface area contributed by atoms with E-state index in [9.17, 15) is 14.4 Å². The number of rotatable bonds is 5. The van der Waals surface area contributed by atoms with Crippen molar-refractivity contribution in [2.75, 3.05) is 13.1 Å². The quantitative estimate of drug-likeness (QED) is 0.507. The molecule has 2 aliphatic heterocycles. The van der Waals surface area contributed by atoms with Gasteiger partial charge in [-0.05, 0) is 52.0 Å². The predicted molar refractivity (Wildman–Crippen MR) is 120 cm³/mol. The molecule has 1 atom stereocenters. The number of carbonyl (C=O) groups excluding carboxylic acids is 3. The molecule has 0 N–H and O–H groups in total. The van der Waals surface area contributed by atoms with Crippen LogP contribution in [0.2, 0.25) is 0 Å². The van der Waals surface area contributed by atoms with Crippen LogP contribution < -0.4 is 0 Å². The summed E-state index contributed by atoms with van der Waals surface area (Å²) >= 11 is 1.53. The zero-order chi connectivity index (χ0) is 23.0. The molecule has 0 aromatic carbocycles. The van der Waals surface area contributed by atoms with Crippen LogP contribution in [0, 0.1) is 12.8 Å². The van der Waals surface area contributed by atoms with Gasteiger partial charge in [-0.2, -0.15) is 0 Å². The van der Waals surface area contributed by atoms with E-state index in [0.717, 1.165) is 10.6 Å². The van der Waals surface area contributed by atoms with E-state index >= 15 is 0 Å². The molecule has 172 valence electrons. The van der Waals surface area contributed by atoms with Gasteiger partial charge >= 0.3 is 12.0 Å². The van der Waals surface area contributed by atoms with Crippen LogP contribution in [-0.4, -0.2) is 62.0 Å². The molecule has 1 fully saturated rings. The largest absolute Gasteiger partial charge is 0.459 e. The molecule has 2 aromatic heterocycles. The monoisotopic (exact) mass is 458 g/mol. The Labute approximate surface area is 192 Å². The van der Waals surface area contributed by atoms with E-state index in [4.69, 9.17) is 4.74 Å². The van der Waals surface area contributed by atoms with Crippen LogP contribution in [0.4, 0.5) is 4.79 Å². The highest BCUT2D eigenvalue weighted by atomic mass is 32.1.